The van der Waals surface area contributed by atoms with Crippen LogP contribution in [-0.4, -0.2) is 43.6 Å². The lowest BCUT2D eigenvalue weighted by Gasteiger charge is -2.36. The molecule has 1 fully saturated rings. The van der Waals surface area contributed by atoms with Crippen LogP contribution in [0.2, 0.25) is 5.02 Å². The van der Waals surface area contributed by atoms with Crippen molar-refractivity contribution in [2.45, 2.75) is 32.2 Å². The maximum atomic E-state index is 11.5. The second-order valence-corrected chi connectivity index (χ2v) is 8.48. The van der Waals surface area contributed by atoms with Crippen LogP contribution in [-0.2, 0) is 11.2 Å². The van der Waals surface area contributed by atoms with E-state index < -0.39 is 0 Å². The second-order valence-electron chi connectivity index (χ2n) is 7.03. The van der Waals surface area contributed by atoms with Crippen molar-refractivity contribution < 1.29 is 9.90 Å². The quantitative estimate of drug-likeness (QED) is 0.662. The number of hydrogen-bond donors (Lipinski definition) is 2. The van der Waals surface area contributed by atoms with Gasteiger partial charge in [0.25, 0.3) is 0 Å². The minimum atomic E-state index is -0.239. The van der Waals surface area contributed by atoms with E-state index in [0.29, 0.717) is 48.2 Å². The number of aromatic hydroxyl groups is 1. The third-order valence-corrected chi connectivity index (χ3v) is 6.62. The number of carbonyl (C=O) groups is 1. The number of primary amides is 1. The number of nitrogens with zero attached hydrogens (tertiary/aromatic N) is 4. The first-order valence-corrected chi connectivity index (χ1v) is 10.5. The van der Waals surface area contributed by atoms with Crippen molar-refractivity contribution in [1.29, 1.82) is 0 Å². The Balaban J connectivity index is 1.73. The van der Waals surface area contributed by atoms with Gasteiger partial charge < -0.3 is 10.8 Å². The highest BCUT2D eigenvalue weighted by molar-refractivity contribution is 7.17. The van der Waals surface area contributed by atoms with Crippen molar-refractivity contribution >= 4 is 33.8 Å². The van der Waals surface area contributed by atoms with Gasteiger partial charge >= 0.3 is 0 Å². The van der Waals surface area contributed by atoms with Crippen LogP contribution in [0.15, 0.2) is 24.3 Å². The molecule has 1 aliphatic rings. The Labute approximate surface area is 171 Å². The van der Waals surface area contributed by atoms with Gasteiger partial charge in [0.1, 0.15) is 0 Å². The van der Waals surface area contributed by atoms with Gasteiger partial charge in [-0.15, -0.1) is 5.10 Å². The molecular weight excluding hydrogens is 398 g/mol. The van der Waals surface area contributed by atoms with Crippen molar-refractivity contribution in [1.82, 2.24) is 19.5 Å². The lowest BCUT2D eigenvalue weighted by Crippen LogP contribution is -2.40. The monoisotopic (exact) mass is 419 g/mol. The van der Waals surface area contributed by atoms with Gasteiger partial charge in [-0.1, -0.05) is 42.0 Å². The first-order chi connectivity index (χ1) is 13.5. The molecule has 148 valence electrons. The zero-order valence-corrected chi connectivity index (χ0v) is 17.1. The van der Waals surface area contributed by atoms with Gasteiger partial charge in [-0.2, -0.15) is 4.52 Å². The maximum Gasteiger partial charge on any atom is 0.230 e. The highest BCUT2D eigenvalue weighted by atomic mass is 35.5. The van der Waals surface area contributed by atoms with E-state index in [1.165, 1.54) is 15.9 Å². The topological polar surface area (TPSA) is 96.8 Å². The summed E-state index contributed by atoms with van der Waals surface area (Å²) in [5.74, 6) is 0.490. The summed E-state index contributed by atoms with van der Waals surface area (Å²) >= 11 is 7.52. The number of rotatable bonds is 5. The lowest BCUT2D eigenvalue weighted by atomic mass is 9.93. The molecule has 1 saturated heterocycles. The van der Waals surface area contributed by atoms with Crippen LogP contribution >= 0.6 is 22.9 Å². The van der Waals surface area contributed by atoms with Gasteiger partial charge in [0.05, 0.1) is 10.9 Å². The van der Waals surface area contributed by atoms with Gasteiger partial charge in [-0.05, 0) is 43.6 Å². The number of nitrogens with two attached hydrogens (primary N) is 1. The molecule has 9 heteroatoms. The molecule has 28 heavy (non-hydrogen) atoms. The zero-order valence-electron chi connectivity index (χ0n) is 15.5. The van der Waals surface area contributed by atoms with E-state index in [9.17, 15) is 9.90 Å². The molecule has 3 heterocycles. The molecule has 0 bridgehead atoms. The van der Waals surface area contributed by atoms with Gasteiger partial charge in [-0.25, -0.2) is 4.98 Å². The standard InChI is InChI=1S/C19H22ClN5O2S/c1-2-14-22-19-25(23-14)18(27)16(28-19)15(11-3-5-13(20)6-4-11)24-9-7-12(8-10-24)17(21)26/h3-6,12,15,27H,2,7-10H2,1H3,(H2,21,26)/t15-/m0/s1. The van der Waals surface area contributed by atoms with Crippen LogP contribution in [0.1, 0.15) is 42.1 Å². The number of thiazole rings is 1. The van der Waals surface area contributed by atoms with E-state index >= 15 is 0 Å². The third-order valence-electron chi connectivity index (χ3n) is 5.29. The minimum absolute atomic E-state index is 0.0925. The number of hydrogen-bond acceptors (Lipinski definition) is 6. The van der Waals surface area contributed by atoms with Gasteiger partial charge in [0.15, 0.2) is 5.82 Å². The molecule has 3 N–H and O–H groups in total. The van der Waals surface area contributed by atoms with Crippen LogP contribution in [0.25, 0.3) is 4.96 Å². The predicted molar refractivity (Wildman–Crippen MR) is 109 cm³/mol. The summed E-state index contributed by atoms with van der Waals surface area (Å²) in [4.78, 5) is 19.8. The van der Waals surface area contributed by atoms with E-state index in [1.807, 2.05) is 31.2 Å². The van der Waals surface area contributed by atoms with Crippen LogP contribution in [0, 0.1) is 5.92 Å². The normalized spacial score (nSPS) is 17.2. The fourth-order valence-electron chi connectivity index (χ4n) is 3.73. The fraction of sp³-hybridized carbons (Fsp3) is 0.421. The Kier molecular flexibility index (Phi) is 5.27. The molecule has 0 radical (unpaired) electrons. The number of fused-ring (bicyclic) bond motifs is 1. The molecule has 1 amide bonds. The van der Waals surface area contributed by atoms with Crippen LogP contribution < -0.4 is 5.73 Å². The van der Waals surface area contributed by atoms with Crippen molar-refractivity contribution in [3.8, 4) is 5.88 Å². The average molecular weight is 420 g/mol. The maximum absolute atomic E-state index is 11.5. The SMILES string of the molecule is CCc1nc2sc([C@H](c3ccc(Cl)cc3)N3CCC(C(N)=O)CC3)c(O)n2n1. The molecule has 4 rings (SSSR count). The Morgan fingerprint density at radius 2 is 2.04 bits per heavy atom. The highest BCUT2D eigenvalue weighted by Gasteiger charge is 2.33. The Bertz CT molecular complexity index is 992. The van der Waals surface area contributed by atoms with Crippen LogP contribution in [0.5, 0.6) is 5.88 Å². The van der Waals surface area contributed by atoms with E-state index in [4.69, 9.17) is 17.3 Å². The molecule has 1 aromatic carbocycles. The molecule has 2 aromatic heterocycles. The summed E-state index contributed by atoms with van der Waals surface area (Å²) in [6.45, 7) is 3.42. The van der Waals surface area contributed by atoms with Crippen LogP contribution in [0.3, 0.4) is 0 Å². The summed E-state index contributed by atoms with van der Waals surface area (Å²) < 4.78 is 1.51. The highest BCUT2D eigenvalue weighted by Crippen LogP contribution is 2.41. The van der Waals surface area contributed by atoms with Gasteiger partial charge in [0, 0.05) is 17.4 Å². The zero-order chi connectivity index (χ0) is 19.8. The molecular formula is C19H22ClN5O2S. The van der Waals surface area contributed by atoms with E-state index in [-0.39, 0.29) is 23.7 Å². The summed E-state index contributed by atoms with van der Waals surface area (Å²) in [6.07, 6.45) is 2.13. The Hall–Kier alpha value is -2.16. The van der Waals surface area contributed by atoms with E-state index in [1.54, 1.807) is 0 Å². The summed E-state index contributed by atoms with van der Waals surface area (Å²) in [7, 11) is 0. The largest absolute Gasteiger partial charge is 0.492 e. The van der Waals surface area contributed by atoms with Gasteiger partial charge in [-0.3, -0.25) is 9.69 Å². The number of halogens is 1. The second kappa shape index (κ2) is 7.69. The molecule has 0 aliphatic carbocycles. The summed E-state index contributed by atoms with van der Waals surface area (Å²) in [6, 6.07) is 7.48. The van der Waals surface area contributed by atoms with Crippen molar-refractivity contribution in [2.75, 3.05) is 13.1 Å². The lowest BCUT2D eigenvalue weighted by molar-refractivity contribution is -0.123. The molecule has 7 nitrogen and oxygen atoms in total. The smallest absolute Gasteiger partial charge is 0.230 e. The fourth-order valence-corrected chi connectivity index (χ4v) is 5.00. The molecule has 0 unspecified atom stereocenters. The summed E-state index contributed by atoms with van der Waals surface area (Å²) in [5.41, 5.74) is 6.51. The molecule has 0 saturated carbocycles. The van der Waals surface area contributed by atoms with Gasteiger partial charge in [0.2, 0.25) is 16.7 Å². The van der Waals surface area contributed by atoms with Crippen LogP contribution in [0.4, 0.5) is 0 Å². The Morgan fingerprint density at radius 1 is 1.36 bits per heavy atom. The minimum Gasteiger partial charge on any atom is -0.492 e. The first kappa shape index (κ1) is 19.2. The number of amides is 1. The van der Waals surface area contributed by atoms with Crippen molar-refractivity contribution in [3.63, 3.8) is 0 Å². The number of carbonyl (C=O) groups excluding carboxylic acids is 1. The number of likely N-dealkylation sites (tertiary alicyclic amines) is 1. The average Bonchev–Trinajstić information content (AvgIpc) is 3.23. The predicted octanol–water partition coefficient (Wildman–Crippen LogP) is 3.00. The van der Waals surface area contributed by atoms with Crippen molar-refractivity contribution in [2.24, 2.45) is 11.7 Å². The first-order valence-electron chi connectivity index (χ1n) is 9.34. The molecule has 3 aromatic rings. The third kappa shape index (κ3) is 3.47. The summed E-state index contributed by atoms with van der Waals surface area (Å²) in [5, 5.41) is 15.9. The number of aryl methyl sites for hydroxylation is 1. The Morgan fingerprint density at radius 3 is 2.61 bits per heavy atom. The van der Waals surface area contributed by atoms with Crippen molar-refractivity contribution in [3.05, 3.63) is 45.6 Å². The number of aromatic nitrogens is 3. The molecule has 1 atom stereocenters. The van der Waals surface area contributed by atoms with E-state index in [2.05, 4.69) is 15.0 Å². The molecule has 1 aliphatic heterocycles. The number of piperidine rings is 1. The molecule has 0 spiro atoms. The number of benzene rings is 1. The van der Waals surface area contributed by atoms with E-state index in [0.717, 1.165) is 10.4 Å².